The molecular formula is C10H16N2. The number of H-pyrrole nitrogens is 1. The van der Waals surface area contributed by atoms with Gasteiger partial charge >= 0.3 is 0 Å². The van der Waals surface area contributed by atoms with Crippen LogP contribution in [-0.2, 0) is 0 Å². The molecule has 1 unspecified atom stereocenters. The SMILES string of the molecule is CNC(C)/C(C)=C/c1cc[nH]c1. The van der Waals surface area contributed by atoms with E-state index in [0.29, 0.717) is 6.04 Å². The second-order valence-corrected chi connectivity index (χ2v) is 3.04. The van der Waals surface area contributed by atoms with Crippen molar-refractivity contribution in [2.45, 2.75) is 19.9 Å². The summed E-state index contributed by atoms with van der Waals surface area (Å²) >= 11 is 0. The highest BCUT2D eigenvalue weighted by atomic mass is 14.9. The van der Waals surface area contributed by atoms with Crippen LogP contribution in [-0.4, -0.2) is 18.1 Å². The fourth-order valence-electron chi connectivity index (χ4n) is 1.04. The van der Waals surface area contributed by atoms with Crippen LogP contribution in [0.15, 0.2) is 24.0 Å². The van der Waals surface area contributed by atoms with Gasteiger partial charge in [0.1, 0.15) is 0 Å². The van der Waals surface area contributed by atoms with Crippen molar-refractivity contribution in [2.75, 3.05) is 7.05 Å². The van der Waals surface area contributed by atoms with E-state index in [0.717, 1.165) is 0 Å². The summed E-state index contributed by atoms with van der Waals surface area (Å²) in [5, 5.41) is 3.20. The van der Waals surface area contributed by atoms with Gasteiger partial charge < -0.3 is 10.3 Å². The smallest absolute Gasteiger partial charge is 0.0248 e. The van der Waals surface area contributed by atoms with Gasteiger partial charge in [0.15, 0.2) is 0 Å². The first-order chi connectivity index (χ1) is 5.74. The lowest BCUT2D eigenvalue weighted by molar-refractivity contribution is 0.696. The van der Waals surface area contributed by atoms with Crippen molar-refractivity contribution < 1.29 is 0 Å². The zero-order chi connectivity index (χ0) is 8.97. The highest BCUT2D eigenvalue weighted by molar-refractivity contribution is 5.52. The second-order valence-electron chi connectivity index (χ2n) is 3.04. The fourth-order valence-corrected chi connectivity index (χ4v) is 1.04. The van der Waals surface area contributed by atoms with Crippen molar-refractivity contribution in [3.05, 3.63) is 29.6 Å². The number of hydrogen-bond donors (Lipinski definition) is 2. The predicted octanol–water partition coefficient (Wildman–Crippen LogP) is 2.03. The number of aromatic amines is 1. The van der Waals surface area contributed by atoms with Gasteiger partial charge in [-0.15, -0.1) is 0 Å². The average Bonchev–Trinajstić information content (AvgIpc) is 2.55. The topological polar surface area (TPSA) is 27.8 Å². The molecular weight excluding hydrogens is 148 g/mol. The third kappa shape index (κ3) is 2.24. The Balaban J connectivity index is 2.69. The molecule has 0 fully saturated rings. The van der Waals surface area contributed by atoms with Gasteiger partial charge in [-0.3, -0.25) is 0 Å². The lowest BCUT2D eigenvalue weighted by Crippen LogP contribution is -2.21. The standard InChI is InChI=1S/C10H16N2/c1-8(9(2)11-3)6-10-4-5-12-7-10/h4-7,9,11-12H,1-3H3/b8-6+. The van der Waals surface area contributed by atoms with Crippen LogP contribution in [0.25, 0.3) is 6.08 Å². The molecule has 0 spiro atoms. The van der Waals surface area contributed by atoms with Crippen LogP contribution >= 0.6 is 0 Å². The summed E-state index contributed by atoms with van der Waals surface area (Å²) < 4.78 is 0. The summed E-state index contributed by atoms with van der Waals surface area (Å²) in [7, 11) is 1.97. The largest absolute Gasteiger partial charge is 0.367 e. The van der Waals surface area contributed by atoms with Crippen LogP contribution in [0.2, 0.25) is 0 Å². The van der Waals surface area contributed by atoms with E-state index in [9.17, 15) is 0 Å². The van der Waals surface area contributed by atoms with Crippen LogP contribution < -0.4 is 5.32 Å². The lowest BCUT2D eigenvalue weighted by atomic mass is 10.1. The lowest BCUT2D eigenvalue weighted by Gasteiger charge is -2.09. The number of rotatable bonds is 3. The first-order valence-electron chi connectivity index (χ1n) is 4.22. The summed E-state index contributed by atoms with van der Waals surface area (Å²) in [5.74, 6) is 0. The van der Waals surface area contributed by atoms with Crippen molar-refractivity contribution in [2.24, 2.45) is 0 Å². The number of likely N-dealkylation sites (N-methyl/N-ethyl adjacent to an activating group) is 1. The van der Waals surface area contributed by atoms with Crippen molar-refractivity contribution in [1.82, 2.24) is 10.3 Å². The third-order valence-corrected chi connectivity index (χ3v) is 2.13. The molecule has 0 aliphatic carbocycles. The molecule has 1 heterocycles. The van der Waals surface area contributed by atoms with Gasteiger partial charge in [0, 0.05) is 18.4 Å². The molecule has 0 aliphatic heterocycles. The van der Waals surface area contributed by atoms with E-state index in [1.807, 2.05) is 19.4 Å². The van der Waals surface area contributed by atoms with E-state index < -0.39 is 0 Å². The molecule has 1 atom stereocenters. The highest BCUT2D eigenvalue weighted by Crippen LogP contribution is 2.07. The quantitative estimate of drug-likeness (QED) is 0.703. The van der Waals surface area contributed by atoms with Crippen molar-refractivity contribution in [3.8, 4) is 0 Å². The van der Waals surface area contributed by atoms with Gasteiger partial charge in [0.25, 0.3) is 0 Å². The molecule has 0 bridgehead atoms. The van der Waals surface area contributed by atoms with Crippen molar-refractivity contribution >= 4 is 6.08 Å². The van der Waals surface area contributed by atoms with E-state index >= 15 is 0 Å². The van der Waals surface area contributed by atoms with Gasteiger partial charge in [-0.1, -0.05) is 11.6 Å². The van der Waals surface area contributed by atoms with Crippen molar-refractivity contribution in [1.29, 1.82) is 0 Å². The zero-order valence-corrected chi connectivity index (χ0v) is 7.89. The minimum Gasteiger partial charge on any atom is -0.367 e. The number of hydrogen-bond acceptors (Lipinski definition) is 1. The Labute approximate surface area is 73.7 Å². The summed E-state index contributed by atoms with van der Waals surface area (Å²) in [6, 6.07) is 2.51. The maximum Gasteiger partial charge on any atom is 0.0248 e. The van der Waals surface area contributed by atoms with E-state index in [4.69, 9.17) is 0 Å². The van der Waals surface area contributed by atoms with E-state index in [-0.39, 0.29) is 0 Å². The Hall–Kier alpha value is -1.02. The molecule has 1 aromatic heterocycles. The molecule has 0 saturated heterocycles. The van der Waals surface area contributed by atoms with Crippen LogP contribution in [0.1, 0.15) is 19.4 Å². The molecule has 2 N–H and O–H groups in total. The van der Waals surface area contributed by atoms with E-state index in [1.165, 1.54) is 11.1 Å². The molecule has 1 aromatic rings. The van der Waals surface area contributed by atoms with Gasteiger partial charge in [-0.05, 0) is 32.5 Å². The molecule has 2 nitrogen and oxygen atoms in total. The van der Waals surface area contributed by atoms with Crippen LogP contribution in [0.5, 0.6) is 0 Å². The number of nitrogens with one attached hydrogen (secondary N) is 2. The minimum atomic E-state index is 0.444. The van der Waals surface area contributed by atoms with Crippen LogP contribution in [0, 0.1) is 0 Å². The van der Waals surface area contributed by atoms with Gasteiger partial charge in [-0.25, -0.2) is 0 Å². The molecule has 1 rings (SSSR count). The van der Waals surface area contributed by atoms with E-state index in [2.05, 4.69) is 36.3 Å². The molecule has 0 saturated carbocycles. The van der Waals surface area contributed by atoms with Crippen LogP contribution in [0.3, 0.4) is 0 Å². The highest BCUT2D eigenvalue weighted by Gasteiger charge is 1.99. The number of aromatic nitrogens is 1. The van der Waals surface area contributed by atoms with Gasteiger partial charge in [-0.2, -0.15) is 0 Å². The Morgan fingerprint density at radius 2 is 2.42 bits per heavy atom. The van der Waals surface area contributed by atoms with Crippen LogP contribution in [0.4, 0.5) is 0 Å². The third-order valence-electron chi connectivity index (χ3n) is 2.13. The molecule has 66 valence electrons. The molecule has 12 heavy (non-hydrogen) atoms. The maximum absolute atomic E-state index is 3.20. The van der Waals surface area contributed by atoms with Gasteiger partial charge in [0.2, 0.25) is 0 Å². The summed E-state index contributed by atoms with van der Waals surface area (Å²) in [6.07, 6.45) is 6.10. The monoisotopic (exact) mass is 164 g/mol. The normalized spacial score (nSPS) is 14.8. The Bertz CT molecular complexity index is 247. The zero-order valence-electron chi connectivity index (χ0n) is 7.89. The summed E-state index contributed by atoms with van der Waals surface area (Å²) in [6.45, 7) is 4.28. The molecule has 0 aromatic carbocycles. The summed E-state index contributed by atoms with van der Waals surface area (Å²) in [4.78, 5) is 3.03. The summed E-state index contributed by atoms with van der Waals surface area (Å²) in [5.41, 5.74) is 2.58. The predicted molar refractivity (Wildman–Crippen MR) is 53.0 cm³/mol. The minimum absolute atomic E-state index is 0.444. The van der Waals surface area contributed by atoms with Crippen molar-refractivity contribution in [3.63, 3.8) is 0 Å². The Morgan fingerprint density at radius 1 is 1.67 bits per heavy atom. The Kier molecular flexibility index (Phi) is 3.11. The molecule has 0 radical (unpaired) electrons. The maximum atomic E-state index is 3.20. The molecule has 0 amide bonds. The fraction of sp³-hybridized carbons (Fsp3) is 0.400. The van der Waals surface area contributed by atoms with Gasteiger partial charge in [0.05, 0.1) is 0 Å². The second kappa shape index (κ2) is 4.12. The average molecular weight is 164 g/mol. The first kappa shape index (κ1) is 9.07. The molecule has 2 heteroatoms. The van der Waals surface area contributed by atoms with E-state index in [1.54, 1.807) is 0 Å². The first-order valence-corrected chi connectivity index (χ1v) is 4.22. The molecule has 0 aliphatic rings. The Morgan fingerprint density at radius 3 is 2.92 bits per heavy atom.